The van der Waals surface area contributed by atoms with E-state index in [4.69, 9.17) is 10.5 Å². The molecule has 13 heavy (non-hydrogen) atoms. The molecule has 2 aliphatic carbocycles. The molecule has 2 aliphatic rings. The van der Waals surface area contributed by atoms with Crippen molar-refractivity contribution in [2.24, 2.45) is 11.7 Å². The molecule has 0 spiro atoms. The minimum atomic E-state index is 0.307. The van der Waals surface area contributed by atoms with Crippen molar-refractivity contribution < 1.29 is 4.74 Å². The molecule has 2 unspecified atom stereocenters. The predicted molar refractivity (Wildman–Crippen MR) is 53.5 cm³/mol. The largest absolute Gasteiger partial charge is 0.376 e. The van der Waals surface area contributed by atoms with Crippen LogP contribution in [-0.2, 0) is 4.74 Å². The average molecular weight is 183 g/mol. The van der Waals surface area contributed by atoms with Crippen molar-refractivity contribution in [2.75, 3.05) is 6.61 Å². The van der Waals surface area contributed by atoms with E-state index in [2.05, 4.69) is 0 Å². The van der Waals surface area contributed by atoms with Gasteiger partial charge < -0.3 is 10.5 Å². The van der Waals surface area contributed by atoms with E-state index in [0.29, 0.717) is 12.1 Å². The van der Waals surface area contributed by atoms with Crippen molar-refractivity contribution >= 4 is 0 Å². The Balaban J connectivity index is 1.72. The molecule has 2 atom stereocenters. The highest BCUT2D eigenvalue weighted by atomic mass is 16.5. The summed E-state index contributed by atoms with van der Waals surface area (Å²) in [5.74, 6) is 0.871. The molecule has 0 amide bonds. The van der Waals surface area contributed by atoms with Crippen molar-refractivity contribution in [3.8, 4) is 0 Å². The molecule has 2 heteroatoms. The monoisotopic (exact) mass is 183 g/mol. The van der Waals surface area contributed by atoms with Gasteiger partial charge in [0.2, 0.25) is 0 Å². The fourth-order valence-corrected chi connectivity index (χ4v) is 2.05. The van der Waals surface area contributed by atoms with Crippen LogP contribution in [0.1, 0.15) is 44.9 Å². The summed E-state index contributed by atoms with van der Waals surface area (Å²) in [6, 6.07) is 0.307. The van der Waals surface area contributed by atoms with Gasteiger partial charge in [-0.15, -0.1) is 0 Å². The van der Waals surface area contributed by atoms with Gasteiger partial charge in [-0.3, -0.25) is 0 Å². The van der Waals surface area contributed by atoms with E-state index >= 15 is 0 Å². The third kappa shape index (κ3) is 2.96. The van der Waals surface area contributed by atoms with Crippen LogP contribution >= 0.6 is 0 Å². The molecule has 2 rings (SSSR count). The van der Waals surface area contributed by atoms with Crippen LogP contribution in [0.3, 0.4) is 0 Å². The minimum absolute atomic E-state index is 0.307. The van der Waals surface area contributed by atoms with Crippen LogP contribution in [0.5, 0.6) is 0 Å². The van der Waals surface area contributed by atoms with Crippen LogP contribution in [0.2, 0.25) is 0 Å². The molecule has 76 valence electrons. The van der Waals surface area contributed by atoms with Crippen LogP contribution in [0.4, 0.5) is 0 Å². The Kier molecular flexibility index (Phi) is 3.23. The molecule has 0 saturated heterocycles. The van der Waals surface area contributed by atoms with Gasteiger partial charge in [-0.1, -0.05) is 19.3 Å². The van der Waals surface area contributed by atoms with E-state index in [9.17, 15) is 0 Å². The van der Waals surface area contributed by atoms with Gasteiger partial charge in [0.1, 0.15) is 0 Å². The van der Waals surface area contributed by atoms with Crippen LogP contribution in [0, 0.1) is 5.92 Å². The van der Waals surface area contributed by atoms with Gasteiger partial charge in [0, 0.05) is 12.6 Å². The van der Waals surface area contributed by atoms with E-state index in [-0.39, 0.29) is 0 Å². The SMILES string of the molecule is NC1CCCCCC1OCC1CC1. The third-order valence-corrected chi connectivity index (χ3v) is 3.25. The molecular weight excluding hydrogens is 162 g/mol. The summed E-state index contributed by atoms with van der Waals surface area (Å²) in [6.45, 7) is 0.971. The summed E-state index contributed by atoms with van der Waals surface area (Å²) in [7, 11) is 0. The zero-order chi connectivity index (χ0) is 9.10. The van der Waals surface area contributed by atoms with E-state index in [1.165, 1.54) is 38.5 Å². The Morgan fingerprint density at radius 1 is 1.00 bits per heavy atom. The van der Waals surface area contributed by atoms with Crippen LogP contribution in [0.25, 0.3) is 0 Å². The van der Waals surface area contributed by atoms with Crippen molar-refractivity contribution in [1.82, 2.24) is 0 Å². The lowest BCUT2D eigenvalue weighted by Crippen LogP contribution is -2.36. The first-order valence-corrected chi connectivity index (χ1v) is 5.73. The molecule has 0 aromatic carbocycles. The van der Waals surface area contributed by atoms with Crippen LogP contribution in [0.15, 0.2) is 0 Å². The number of hydrogen-bond acceptors (Lipinski definition) is 2. The Bertz CT molecular complexity index is 156. The second-order valence-corrected chi connectivity index (χ2v) is 4.62. The molecule has 2 saturated carbocycles. The average Bonchev–Trinajstić information content (AvgIpc) is 2.90. The molecule has 2 fully saturated rings. The zero-order valence-corrected chi connectivity index (χ0v) is 8.37. The molecule has 2 N–H and O–H groups in total. The highest BCUT2D eigenvalue weighted by Gasteiger charge is 2.26. The summed E-state index contributed by atoms with van der Waals surface area (Å²) in [4.78, 5) is 0. The van der Waals surface area contributed by atoms with Gasteiger partial charge in [0.25, 0.3) is 0 Å². The molecule has 0 aliphatic heterocycles. The second kappa shape index (κ2) is 4.43. The highest BCUT2D eigenvalue weighted by molar-refractivity contribution is 4.79. The normalized spacial score (nSPS) is 35.8. The van der Waals surface area contributed by atoms with Crippen molar-refractivity contribution in [1.29, 1.82) is 0 Å². The minimum Gasteiger partial charge on any atom is -0.376 e. The lowest BCUT2D eigenvalue weighted by atomic mass is 10.1. The maximum absolute atomic E-state index is 6.06. The summed E-state index contributed by atoms with van der Waals surface area (Å²) < 4.78 is 5.87. The predicted octanol–water partition coefficient (Wildman–Crippen LogP) is 2.07. The van der Waals surface area contributed by atoms with Crippen LogP contribution in [-0.4, -0.2) is 18.8 Å². The number of nitrogens with two attached hydrogens (primary N) is 1. The third-order valence-electron chi connectivity index (χ3n) is 3.25. The fourth-order valence-electron chi connectivity index (χ4n) is 2.05. The molecule has 0 aromatic heterocycles. The molecular formula is C11H21NO. The van der Waals surface area contributed by atoms with Gasteiger partial charge in [-0.2, -0.15) is 0 Å². The lowest BCUT2D eigenvalue weighted by Gasteiger charge is -2.21. The van der Waals surface area contributed by atoms with E-state index < -0.39 is 0 Å². The van der Waals surface area contributed by atoms with Crippen molar-refractivity contribution in [3.63, 3.8) is 0 Å². The first-order chi connectivity index (χ1) is 6.36. The van der Waals surface area contributed by atoms with E-state index in [0.717, 1.165) is 18.9 Å². The Morgan fingerprint density at radius 3 is 2.54 bits per heavy atom. The summed E-state index contributed by atoms with van der Waals surface area (Å²) >= 11 is 0. The van der Waals surface area contributed by atoms with Crippen LogP contribution < -0.4 is 5.73 Å². The fraction of sp³-hybridized carbons (Fsp3) is 1.00. The van der Waals surface area contributed by atoms with Gasteiger partial charge in [0.15, 0.2) is 0 Å². The number of rotatable bonds is 3. The molecule has 0 heterocycles. The summed E-state index contributed by atoms with van der Waals surface area (Å²) in [5, 5.41) is 0. The quantitative estimate of drug-likeness (QED) is 0.680. The van der Waals surface area contributed by atoms with E-state index in [1.54, 1.807) is 0 Å². The van der Waals surface area contributed by atoms with Crippen molar-refractivity contribution in [3.05, 3.63) is 0 Å². The maximum atomic E-state index is 6.06. The zero-order valence-electron chi connectivity index (χ0n) is 8.37. The highest BCUT2D eigenvalue weighted by Crippen LogP contribution is 2.30. The van der Waals surface area contributed by atoms with Crippen molar-refractivity contribution in [2.45, 2.75) is 57.1 Å². The summed E-state index contributed by atoms with van der Waals surface area (Å²) in [5.41, 5.74) is 6.06. The van der Waals surface area contributed by atoms with E-state index in [1.807, 2.05) is 0 Å². The van der Waals surface area contributed by atoms with Gasteiger partial charge in [0.05, 0.1) is 6.10 Å². The van der Waals surface area contributed by atoms with Gasteiger partial charge in [-0.25, -0.2) is 0 Å². The number of hydrogen-bond donors (Lipinski definition) is 1. The number of ether oxygens (including phenoxy) is 1. The molecule has 0 aromatic rings. The first kappa shape index (κ1) is 9.47. The summed E-state index contributed by atoms with van der Waals surface area (Å²) in [6.07, 6.45) is 9.42. The van der Waals surface area contributed by atoms with Gasteiger partial charge >= 0.3 is 0 Å². The standard InChI is InChI=1S/C11H21NO/c12-10-4-2-1-3-5-11(10)13-8-9-6-7-9/h9-11H,1-8,12H2. The smallest absolute Gasteiger partial charge is 0.0726 e. The topological polar surface area (TPSA) is 35.2 Å². The first-order valence-electron chi connectivity index (χ1n) is 5.73. The second-order valence-electron chi connectivity index (χ2n) is 4.62. The molecule has 0 radical (unpaired) electrons. The molecule has 2 nitrogen and oxygen atoms in total. The Morgan fingerprint density at radius 2 is 1.77 bits per heavy atom. The Hall–Kier alpha value is -0.0800. The lowest BCUT2D eigenvalue weighted by molar-refractivity contribution is 0.0249. The molecule has 0 bridgehead atoms. The Labute approximate surface area is 80.8 Å². The van der Waals surface area contributed by atoms with Gasteiger partial charge in [-0.05, 0) is 31.6 Å². The maximum Gasteiger partial charge on any atom is 0.0726 e.